The number of anilines is 1. The molecule has 174 valence electrons. The van der Waals surface area contributed by atoms with Crippen LogP contribution in [-0.4, -0.2) is 38.7 Å². The highest BCUT2D eigenvalue weighted by Gasteiger charge is 2.21. The molecule has 34 heavy (non-hydrogen) atoms. The normalized spacial score (nSPS) is 12.9. The zero-order valence-electron chi connectivity index (χ0n) is 18.6. The quantitative estimate of drug-likeness (QED) is 0.516. The highest BCUT2D eigenvalue weighted by molar-refractivity contribution is 7.15. The second-order valence-corrected chi connectivity index (χ2v) is 8.80. The number of aromatic nitrogens is 4. The fourth-order valence-corrected chi connectivity index (χ4v) is 3.99. The number of rotatable bonds is 6. The third kappa shape index (κ3) is 5.13. The van der Waals surface area contributed by atoms with E-state index in [9.17, 15) is 14.4 Å². The van der Waals surface area contributed by atoms with Crippen LogP contribution in [0.3, 0.4) is 0 Å². The van der Waals surface area contributed by atoms with Crippen LogP contribution in [0.4, 0.5) is 5.13 Å². The van der Waals surface area contributed by atoms with Crippen molar-refractivity contribution >= 4 is 28.3 Å². The zero-order chi connectivity index (χ0) is 24.2. The first kappa shape index (κ1) is 23.1. The number of carbonyl (C=O) groups is 2. The van der Waals surface area contributed by atoms with Crippen LogP contribution < -0.4 is 21.3 Å². The number of methoxy groups -OCH3 is 1. The van der Waals surface area contributed by atoms with Crippen molar-refractivity contribution in [2.24, 2.45) is 11.7 Å². The highest BCUT2D eigenvalue weighted by atomic mass is 32.1. The minimum atomic E-state index is -0.687. The van der Waals surface area contributed by atoms with Crippen molar-refractivity contribution in [1.29, 1.82) is 0 Å². The Morgan fingerprint density at radius 1 is 1.29 bits per heavy atom. The lowest BCUT2D eigenvalue weighted by Crippen LogP contribution is -2.29. The second-order valence-electron chi connectivity index (χ2n) is 7.82. The molecular weight excluding hydrogens is 456 g/mol. The van der Waals surface area contributed by atoms with Crippen molar-refractivity contribution in [3.63, 3.8) is 0 Å². The number of pyridine rings is 2. The van der Waals surface area contributed by atoms with Gasteiger partial charge in [0.25, 0.3) is 11.5 Å². The lowest BCUT2D eigenvalue weighted by Gasteiger charge is -2.18. The van der Waals surface area contributed by atoms with Gasteiger partial charge in [-0.2, -0.15) is 0 Å². The molecule has 1 aliphatic rings. The first-order valence-electron chi connectivity index (χ1n) is 10.5. The van der Waals surface area contributed by atoms with Crippen LogP contribution in [0.25, 0.3) is 11.1 Å². The fraction of sp³-hybridized carbons (Fsp3) is 0.304. The average Bonchev–Trinajstić information content (AvgIpc) is 3.20. The predicted molar refractivity (Wildman–Crippen MR) is 126 cm³/mol. The molecule has 1 aliphatic carbocycles. The fourth-order valence-electron chi connectivity index (χ4n) is 3.39. The molecule has 3 N–H and O–H groups in total. The molecule has 3 heterocycles. The van der Waals surface area contributed by atoms with E-state index < -0.39 is 17.4 Å². The predicted octanol–water partition coefficient (Wildman–Crippen LogP) is 1.97. The van der Waals surface area contributed by atoms with Crippen LogP contribution in [0.5, 0.6) is 5.75 Å². The standard InChI is InChI=1S/C23H22N6O4S/c1-13-8-15(18(33-2)10-25-13)17-11-29(12-19(24)30)21(31)9-16(17)22(32)26-23-28-27-20(34-23)7-6-14-4-3-5-14/h8-11,14H,3-5,12H2,1-2H3,(H2,24,30)(H,26,28,32). The van der Waals surface area contributed by atoms with Gasteiger partial charge in [-0.25, -0.2) is 0 Å². The van der Waals surface area contributed by atoms with E-state index in [0.717, 1.165) is 34.8 Å². The summed E-state index contributed by atoms with van der Waals surface area (Å²) >= 11 is 1.15. The van der Waals surface area contributed by atoms with Crippen LogP contribution in [0.1, 0.15) is 40.3 Å². The molecule has 0 radical (unpaired) electrons. The van der Waals surface area contributed by atoms with Gasteiger partial charge in [-0.3, -0.25) is 24.7 Å². The molecule has 3 aromatic rings. The number of primary amides is 1. The molecule has 0 bridgehead atoms. The lowest BCUT2D eigenvalue weighted by molar-refractivity contribution is -0.118. The highest BCUT2D eigenvalue weighted by Crippen LogP contribution is 2.32. The van der Waals surface area contributed by atoms with E-state index in [2.05, 4.69) is 32.3 Å². The number of nitrogens with zero attached hydrogens (tertiary/aromatic N) is 4. The van der Waals surface area contributed by atoms with E-state index in [0.29, 0.717) is 33.5 Å². The summed E-state index contributed by atoms with van der Waals surface area (Å²) in [5.41, 5.74) is 6.38. The first-order valence-corrected chi connectivity index (χ1v) is 11.4. The van der Waals surface area contributed by atoms with E-state index in [-0.39, 0.29) is 17.2 Å². The summed E-state index contributed by atoms with van der Waals surface area (Å²) in [4.78, 5) is 41.5. The topological polar surface area (TPSA) is 142 Å². The van der Waals surface area contributed by atoms with Crippen molar-refractivity contribution in [3.05, 3.63) is 51.1 Å². The molecular formula is C23H22N6O4S. The summed E-state index contributed by atoms with van der Waals surface area (Å²) in [6, 6.07) is 2.88. The molecule has 11 heteroatoms. The zero-order valence-corrected chi connectivity index (χ0v) is 19.4. The number of hydrogen-bond acceptors (Lipinski definition) is 8. The molecule has 0 atom stereocenters. The van der Waals surface area contributed by atoms with Crippen LogP contribution in [0.15, 0.2) is 29.3 Å². The van der Waals surface area contributed by atoms with Gasteiger partial charge >= 0.3 is 0 Å². The van der Waals surface area contributed by atoms with Crippen LogP contribution in [-0.2, 0) is 11.3 Å². The maximum atomic E-state index is 13.2. The maximum Gasteiger partial charge on any atom is 0.258 e. The molecule has 0 aliphatic heterocycles. The van der Waals surface area contributed by atoms with Gasteiger partial charge in [0.1, 0.15) is 12.3 Å². The van der Waals surface area contributed by atoms with Crippen molar-refractivity contribution in [3.8, 4) is 28.7 Å². The van der Waals surface area contributed by atoms with E-state index in [1.807, 2.05) is 0 Å². The van der Waals surface area contributed by atoms with Crippen LogP contribution in [0.2, 0.25) is 0 Å². The Morgan fingerprint density at radius 3 is 2.76 bits per heavy atom. The number of amides is 2. The van der Waals surface area contributed by atoms with Gasteiger partial charge in [0.05, 0.1) is 18.9 Å². The van der Waals surface area contributed by atoms with E-state index in [4.69, 9.17) is 10.5 Å². The van der Waals surface area contributed by atoms with E-state index in [1.165, 1.54) is 25.9 Å². The van der Waals surface area contributed by atoms with Gasteiger partial charge in [0.15, 0.2) is 5.01 Å². The van der Waals surface area contributed by atoms with Crippen molar-refractivity contribution in [1.82, 2.24) is 19.7 Å². The first-order chi connectivity index (χ1) is 16.3. The smallest absolute Gasteiger partial charge is 0.258 e. The Bertz CT molecular complexity index is 1380. The number of aryl methyl sites for hydroxylation is 1. The van der Waals surface area contributed by atoms with Crippen molar-refractivity contribution < 1.29 is 14.3 Å². The Kier molecular flexibility index (Phi) is 6.70. The summed E-state index contributed by atoms with van der Waals surface area (Å²) in [5, 5.41) is 11.4. The van der Waals surface area contributed by atoms with Gasteiger partial charge in [-0.1, -0.05) is 23.7 Å². The molecule has 1 saturated carbocycles. The van der Waals surface area contributed by atoms with E-state index in [1.54, 1.807) is 13.0 Å². The molecule has 0 saturated heterocycles. The molecule has 0 spiro atoms. The van der Waals surface area contributed by atoms with Crippen LogP contribution >= 0.6 is 11.3 Å². The second kappa shape index (κ2) is 9.84. The van der Waals surface area contributed by atoms with Gasteiger partial charge in [-0.15, -0.1) is 10.2 Å². The molecule has 1 fully saturated rings. The molecule has 0 aromatic carbocycles. The number of nitrogens with two attached hydrogens (primary N) is 1. The van der Waals surface area contributed by atoms with Gasteiger partial charge in [0.2, 0.25) is 11.0 Å². The molecule has 10 nitrogen and oxygen atoms in total. The molecule has 2 amide bonds. The van der Waals surface area contributed by atoms with Gasteiger partial charge in [0, 0.05) is 35.0 Å². The summed E-state index contributed by atoms with van der Waals surface area (Å²) in [7, 11) is 1.47. The largest absolute Gasteiger partial charge is 0.494 e. The SMILES string of the molecule is COc1cnc(C)cc1-c1cn(CC(N)=O)c(=O)cc1C(=O)Nc1nnc(C#CC2CCC2)s1. The maximum absolute atomic E-state index is 13.2. The third-order valence-corrected chi connectivity index (χ3v) is 6.10. The Morgan fingerprint density at radius 2 is 2.09 bits per heavy atom. The summed E-state index contributed by atoms with van der Waals surface area (Å²) in [6.07, 6.45) is 6.32. The minimum Gasteiger partial charge on any atom is -0.494 e. The summed E-state index contributed by atoms with van der Waals surface area (Å²) in [5.74, 6) is 5.69. The average molecular weight is 479 g/mol. The van der Waals surface area contributed by atoms with Crippen LogP contribution in [0, 0.1) is 24.7 Å². The third-order valence-electron chi connectivity index (χ3n) is 5.34. The minimum absolute atomic E-state index is 0.0759. The number of carbonyl (C=O) groups excluding carboxylic acids is 2. The summed E-state index contributed by atoms with van der Waals surface area (Å²) < 4.78 is 6.56. The Labute approximate surface area is 199 Å². The van der Waals surface area contributed by atoms with Gasteiger partial charge < -0.3 is 15.0 Å². The number of ether oxygens (including phenoxy) is 1. The molecule has 3 aromatic heterocycles. The number of nitrogens with one attached hydrogen (secondary N) is 1. The lowest BCUT2D eigenvalue weighted by atomic mass is 9.86. The van der Waals surface area contributed by atoms with Gasteiger partial charge in [-0.05, 0) is 31.8 Å². The van der Waals surface area contributed by atoms with Crippen molar-refractivity contribution in [2.75, 3.05) is 12.4 Å². The Hall–Kier alpha value is -4.04. The molecule has 0 unspecified atom stereocenters. The Balaban J connectivity index is 1.71. The van der Waals surface area contributed by atoms with E-state index >= 15 is 0 Å². The van der Waals surface area contributed by atoms with Crippen molar-refractivity contribution in [2.45, 2.75) is 32.7 Å². The summed E-state index contributed by atoms with van der Waals surface area (Å²) in [6.45, 7) is 1.45. The monoisotopic (exact) mass is 478 g/mol. The number of hydrogen-bond donors (Lipinski definition) is 2. The molecule has 4 rings (SSSR count).